The second-order valence-electron chi connectivity index (χ2n) is 11.2. The minimum atomic E-state index is -0.808. The first-order valence-corrected chi connectivity index (χ1v) is 16.3. The maximum Gasteiger partial charge on any atom is 0.338 e. The molecule has 0 aliphatic carbocycles. The molecule has 5 aromatic rings. The molecule has 48 heavy (non-hydrogen) atoms. The monoisotopic (exact) mass is 666 g/mol. The van der Waals surface area contributed by atoms with Crippen LogP contribution in [0.2, 0.25) is 0 Å². The quantitative estimate of drug-likeness (QED) is 0.111. The standard InChI is InChI=1S/C36H34N4O7S/c1-6-46-30-18-24(14-17-29(30)45-5)33-32(35(42)47-7-2)21(3)37-36-39(33)34(41)31(48-36)19-27-22(4)38(28-11-9-8-10-26(27)28)20-23-12-15-25(16-13-23)40(43)44/h8-19,33H,6-7,20H2,1-5H3/b31-19-/t33-/m1/s1. The molecule has 0 spiro atoms. The first-order valence-electron chi connectivity index (χ1n) is 15.5. The van der Waals surface area contributed by atoms with Crippen LogP contribution in [0.25, 0.3) is 17.0 Å². The molecule has 0 radical (unpaired) electrons. The minimum Gasteiger partial charge on any atom is -0.493 e. The Hall–Kier alpha value is -5.49. The van der Waals surface area contributed by atoms with Crippen LogP contribution < -0.4 is 24.4 Å². The number of para-hydroxylation sites is 1. The van der Waals surface area contributed by atoms with Gasteiger partial charge in [0.15, 0.2) is 16.3 Å². The van der Waals surface area contributed by atoms with Crippen molar-refractivity contribution in [1.82, 2.24) is 9.13 Å². The van der Waals surface area contributed by atoms with E-state index in [-0.39, 0.29) is 23.4 Å². The third-order valence-corrected chi connectivity index (χ3v) is 9.35. The molecule has 6 rings (SSSR count). The van der Waals surface area contributed by atoms with Crippen LogP contribution >= 0.6 is 11.3 Å². The highest BCUT2D eigenvalue weighted by atomic mass is 32.1. The van der Waals surface area contributed by atoms with Crippen molar-refractivity contribution in [3.63, 3.8) is 0 Å². The molecule has 3 aromatic carbocycles. The number of non-ortho nitro benzene ring substituents is 1. The third-order valence-electron chi connectivity index (χ3n) is 8.36. The van der Waals surface area contributed by atoms with E-state index in [1.807, 2.05) is 50.3 Å². The van der Waals surface area contributed by atoms with Crippen LogP contribution in [0.5, 0.6) is 11.5 Å². The molecule has 0 N–H and O–H groups in total. The van der Waals surface area contributed by atoms with Crippen molar-refractivity contribution in [3.8, 4) is 11.5 Å². The molecule has 2 aromatic heterocycles. The predicted octanol–water partition coefficient (Wildman–Crippen LogP) is 5.43. The first kappa shape index (κ1) is 32.5. The van der Waals surface area contributed by atoms with Gasteiger partial charge in [-0.2, -0.15) is 0 Å². The molecule has 0 saturated heterocycles. The number of carbonyl (C=O) groups is 1. The number of fused-ring (bicyclic) bond motifs is 2. The Morgan fingerprint density at radius 1 is 1.04 bits per heavy atom. The van der Waals surface area contributed by atoms with Crippen molar-refractivity contribution in [3.05, 3.63) is 130 Å². The van der Waals surface area contributed by atoms with Gasteiger partial charge >= 0.3 is 5.97 Å². The maximum atomic E-state index is 14.4. The predicted molar refractivity (Wildman–Crippen MR) is 183 cm³/mol. The molecule has 1 aliphatic rings. The van der Waals surface area contributed by atoms with Gasteiger partial charge < -0.3 is 18.8 Å². The molecule has 12 heteroatoms. The Labute approximate surface area is 279 Å². The number of ether oxygens (including phenoxy) is 3. The van der Waals surface area contributed by atoms with Crippen molar-refractivity contribution < 1.29 is 23.9 Å². The van der Waals surface area contributed by atoms with Crippen LogP contribution in [0.3, 0.4) is 0 Å². The zero-order valence-electron chi connectivity index (χ0n) is 27.2. The number of aromatic nitrogens is 2. The van der Waals surface area contributed by atoms with E-state index in [2.05, 4.69) is 4.57 Å². The van der Waals surface area contributed by atoms with Crippen molar-refractivity contribution in [2.24, 2.45) is 4.99 Å². The van der Waals surface area contributed by atoms with Gasteiger partial charge in [0, 0.05) is 40.8 Å². The van der Waals surface area contributed by atoms with Gasteiger partial charge in [-0.3, -0.25) is 19.5 Å². The number of nitrogens with zero attached hydrogens (tertiary/aromatic N) is 4. The molecule has 0 fully saturated rings. The Morgan fingerprint density at radius 2 is 1.79 bits per heavy atom. The van der Waals surface area contributed by atoms with Gasteiger partial charge in [-0.1, -0.05) is 47.7 Å². The zero-order valence-corrected chi connectivity index (χ0v) is 28.0. The number of thiazole rings is 1. The number of methoxy groups -OCH3 is 1. The smallest absolute Gasteiger partial charge is 0.338 e. The third kappa shape index (κ3) is 5.79. The van der Waals surface area contributed by atoms with E-state index < -0.39 is 16.9 Å². The van der Waals surface area contributed by atoms with Crippen LogP contribution in [-0.4, -0.2) is 40.4 Å². The molecule has 11 nitrogen and oxygen atoms in total. The summed E-state index contributed by atoms with van der Waals surface area (Å²) in [7, 11) is 1.56. The highest BCUT2D eigenvalue weighted by Crippen LogP contribution is 2.36. The first-order chi connectivity index (χ1) is 23.2. The number of allylic oxidation sites excluding steroid dienone is 1. The fourth-order valence-electron chi connectivity index (χ4n) is 6.12. The Balaban J connectivity index is 1.52. The normalized spacial score (nSPS) is 14.5. The van der Waals surface area contributed by atoms with E-state index in [9.17, 15) is 19.7 Å². The summed E-state index contributed by atoms with van der Waals surface area (Å²) < 4.78 is 20.9. The Bertz CT molecular complexity index is 2280. The summed E-state index contributed by atoms with van der Waals surface area (Å²) in [6.45, 7) is 8.41. The summed E-state index contributed by atoms with van der Waals surface area (Å²) in [5.41, 5.74) is 4.81. The van der Waals surface area contributed by atoms with Crippen LogP contribution in [0.1, 0.15) is 49.2 Å². The summed E-state index contributed by atoms with van der Waals surface area (Å²) in [6, 6.07) is 19.0. The summed E-state index contributed by atoms with van der Waals surface area (Å²) in [5, 5.41) is 12.1. The number of nitro groups is 1. The van der Waals surface area contributed by atoms with Gasteiger partial charge in [0.25, 0.3) is 11.2 Å². The van der Waals surface area contributed by atoms with Gasteiger partial charge in [-0.05, 0) is 63.1 Å². The number of rotatable bonds is 10. The summed E-state index contributed by atoms with van der Waals surface area (Å²) in [6.07, 6.45) is 1.88. The summed E-state index contributed by atoms with van der Waals surface area (Å²) >= 11 is 1.26. The average Bonchev–Trinajstić information content (AvgIpc) is 3.52. The van der Waals surface area contributed by atoms with E-state index in [1.54, 1.807) is 49.8 Å². The van der Waals surface area contributed by atoms with E-state index >= 15 is 0 Å². The fraction of sp³-hybridized carbons (Fsp3) is 0.250. The Kier molecular flexibility index (Phi) is 9.01. The van der Waals surface area contributed by atoms with Crippen molar-refractivity contribution in [1.29, 1.82) is 0 Å². The fourth-order valence-corrected chi connectivity index (χ4v) is 7.15. The number of carbonyl (C=O) groups excluding carboxylic acids is 1. The second-order valence-corrected chi connectivity index (χ2v) is 12.2. The molecular weight excluding hydrogens is 632 g/mol. The van der Waals surface area contributed by atoms with Crippen LogP contribution in [0.4, 0.5) is 5.69 Å². The molecule has 0 saturated carbocycles. The summed E-state index contributed by atoms with van der Waals surface area (Å²) in [5.74, 6) is 0.484. The van der Waals surface area contributed by atoms with Crippen molar-refractivity contribution in [2.75, 3.05) is 20.3 Å². The molecule has 1 atom stereocenters. The lowest BCUT2D eigenvalue weighted by molar-refractivity contribution is -0.384. The molecular formula is C36H34N4O7S. The van der Waals surface area contributed by atoms with Gasteiger partial charge in [0.2, 0.25) is 0 Å². The van der Waals surface area contributed by atoms with Crippen molar-refractivity contribution >= 4 is 40.0 Å². The van der Waals surface area contributed by atoms with Gasteiger partial charge in [-0.15, -0.1) is 0 Å². The molecule has 0 bridgehead atoms. The molecule has 3 heterocycles. The van der Waals surface area contributed by atoms with E-state index in [0.717, 1.165) is 27.7 Å². The Morgan fingerprint density at radius 3 is 2.48 bits per heavy atom. The van der Waals surface area contributed by atoms with Crippen molar-refractivity contribution in [2.45, 2.75) is 40.3 Å². The van der Waals surface area contributed by atoms with Gasteiger partial charge in [-0.25, -0.2) is 9.79 Å². The second kappa shape index (κ2) is 13.3. The lowest BCUT2D eigenvalue weighted by Crippen LogP contribution is -2.40. The van der Waals surface area contributed by atoms with E-state index in [1.165, 1.54) is 23.5 Å². The van der Waals surface area contributed by atoms with Crippen LogP contribution in [-0.2, 0) is 16.1 Å². The largest absolute Gasteiger partial charge is 0.493 e. The molecule has 0 unspecified atom stereocenters. The SMILES string of the molecule is CCOC(=O)C1=C(C)N=c2s/c(=C\c3c(C)n(Cc4ccc([N+](=O)[O-])cc4)c4ccccc34)c(=O)n2[C@@H]1c1ccc(OC)c(OCC)c1. The summed E-state index contributed by atoms with van der Waals surface area (Å²) in [4.78, 5) is 43.7. The topological polar surface area (TPSA) is 127 Å². The number of nitro benzene ring substituents is 1. The van der Waals surface area contributed by atoms with E-state index in [4.69, 9.17) is 19.2 Å². The lowest BCUT2D eigenvalue weighted by Gasteiger charge is -2.25. The van der Waals surface area contributed by atoms with Gasteiger partial charge in [0.05, 0.1) is 47.1 Å². The molecule has 0 amide bonds. The zero-order chi connectivity index (χ0) is 34.1. The van der Waals surface area contributed by atoms with Gasteiger partial charge in [0.1, 0.15) is 0 Å². The highest BCUT2D eigenvalue weighted by Gasteiger charge is 2.34. The average molecular weight is 667 g/mol. The van der Waals surface area contributed by atoms with Crippen LogP contribution in [0, 0.1) is 17.0 Å². The number of hydrogen-bond donors (Lipinski definition) is 0. The molecule has 246 valence electrons. The van der Waals surface area contributed by atoms with E-state index in [0.29, 0.717) is 45.2 Å². The number of benzene rings is 3. The lowest BCUT2D eigenvalue weighted by atomic mass is 9.95. The maximum absolute atomic E-state index is 14.4. The molecule has 1 aliphatic heterocycles. The highest BCUT2D eigenvalue weighted by molar-refractivity contribution is 7.07. The number of hydrogen-bond acceptors (Lipinski definition) is 9. The number of esters is 1. The minimum absolute atomic E-state index is 0.0345. The van der Waals surface area contributed by atoms with Crippen LogP contribution in [0.15, 0.2) is 87.8 Å².